The van der Waals surface area contributed by atoms with E-state index < -0.39 is 0 Å². The number of nitrogens with zero attached hydrogens (tertiary/aromatic N) is 2. The predicted octanol–water partition coefficient (Wildman–Crippen LogP) is 1.56. The zero-order valence-electron chi connectivity index (χ0n) is 6.47. The van der Waals surface area contributed by atoms with Crippen molar-refractivity contribution in [2.75, 3.05) is 0 Å². The molecule has 0 saturated heterocycles. The van der Waals surface area contributed by atoms with Crippen LogP contribution in [0.5, 0.6) is 0 Å². The average Bonchev–Trinajstić information content (AvgIpc) is 2.26. The molecule has 0 saturated carbocycles. The first-order chi connectivity index (χ1) is 5.20. The summed E-state index contributed by atoms with van der Waals surface area (Å²) in [5, 5.41) is 4.00. The maximum atomic E-state index is 10.4. The van der Waals surface area contributed by atoms with Gasteiger partial charge < -0.3 is 0 Å². The summed E-state index contributed by atoms with van der Waals surface area (Å²) < 4.78 is 2.53. The van der Waals surface area contributed by atoms with E-state index >= 15 is 0 Å². The van der Waals surface area contributed by atoms with E-state index in [1.807, 2.05) is 14.0 Å². The molecule has 0 radical (unpaired) electrons. The first-order valence-corrected chi connectivity index (χ1v) is 4.16. The molecule has 1 rings (SSSR count). The SMILES string of the molecule is CCc1c(Br)c(C=O)nn1C. The lowest BCUT2D eigenvalue weighted by Crippen LogP contribution is -1.96. The highest BCUT2D eigenvalue weighted by Gasteiger charge is 2.10. The molecular formula is C7H9BrN2O. The second kappa shape index (κ2) is 3.17. The largest absolute Gasteiger partial charge is 0.296 e. The molecule has 1 heterocycles. The number of aldehydes is 1. The molecule has 0 aromatic carbocycles. The molecule has 0 aliphatic rings. The zero-order valence-corrected chi connectivity index (χ0v) is 8.05. The number of rotatable bonds is 2. The topological polar surface area (TPSA) is 34.9 Å². The fourth-order valence-electron chi connectivity index (χ4n) is 1.02. The lowest BCUT2D eigenvalue weighted by molar-refractivity contribution is 0.111. The summed E-state index contributed by atoms with van der Waals surface area (Å²) in [5.41, 5.74) is 1.52. The van der Waals surface area contributed by atoms with Crippen LogP contribution >= 0.6 is 15.9 Å². The van der Waals surface area contributed by atoms with Crippen molar-refractivity contribution < 1.29 is 4.79 Å². The van der Waals surface area contributed by atoms with Crippen LogP contribution in [0.1, 0.15) is 23.1 Å². The summed E-state index contributed by atoms with van der Waals surface area (Å²) in [4.78, 5) is 10.4. The molecule has 0 unspecified atom stereocenters. The number of halogens is 1. The fourth-order valence-corrected chi connectivity index (χ4v) is 1.72. The molecule has 3 nitrogen and oxygen atoms in total. The Balaban J connectivity index is 3.24. The van der Waals surface area contributed by atoms with Crippen LogP contribution in [0.15, 0.2) is 4.47 Å². The van der Waals surface area contributed by atoms with Crippen LogP contribution in [-0.2, 0) is 13.5 Å². The van der Waals surface area contributed by atoms with E-state index in [1.54, 1.807) is 4.68 Å². The minimum Gasteiger partial charge on any atom is -0.296 e. The van der Waals surface area contributed by atoms with E-state index in [-0.39, 0.29) is 0 Å². The van der Waals surface area contributed by atoms with Crippen molar-refractivity contribution in [1.29, 1.82) is 0 Å². The van der Waals surface area contributed by atoms with Gasteiger partial charge in [-0.2, -0.15) is 5.10 Å². The highest BCUT2D eigenvalue weighted by atomic mass is 79.9. The Labute approximate surface area is 73.5 Å². The van der Waals surface area contributed by atoms with Crippen molar-refractivity contribution in [3.05, 3.63) is 15.9 Å². The molecule has 0 fully saturated rings. The van der Waals surface area contributed by atoms with Gasteiger partial charge in [-0.1, -0.05) is 6.92 Å². The Bertz CT molecular complexity index is 280. The van der Waals surface area contributed by atoms with Gasteiger partial charge in [-0.05, 0) is 22.4 Å². The molecule has 11 heavy (non-hydrogen) atoms. The Morgan fingerprint density at radius 3 is 2.64 bits per heavy atom. The van der Waals surface area contributed by atoms with Crippen molar-refractivity contribution in [3.8, 4) is 0 Å². The van der Waals surface area contributed by atoms with Crippen molar-refractivity contribution in [2.24, 2.45) is 7.05 Å². The van der Waals surface area contributed by atoms with Gasteiger partial charge in [0, 0.05) is 7.05 Å². The van der Waals surface area contributed by atoms with Crippen LogP contribution in [0.3, 0.4) is 0 Å². The summed E-state index contributed by atoms with van der Waals surface area (Å²) in [6.45, 7) is 2.02. The summed E-state index contributed by atoms with van der Waals surface area (Å²) >= 11 is 3.31. The predicted molar refractivity (Wildman–Crippen MR) is 45.7 cm³/mol. The third-order valence-corrected chi connectivity index (χ3v) is 2.44. The number of hydrogen-bond donors (Lipinski definition) is 0. The van der Waals surface area contributed by atoms with Crippen LogP contribution in [0.4, 0.5) is 0 Å². The maximum absolute atomic E-state index is 10.4. The van der Waals surface area contributed by atoms with Gasteiger partial charge in [-0.3, -0.25) is 9.48 Å². The molecule has 0 bridgehead atoms. The van der Waals surface area contributed by atoms with Crippen molar-refractivity contribution in [3.63, 3.8) is 0 Å². The van der Waals surface area contributed by atoms with E-state index in [0.717, 1.165) is 22.9 Å². The number of aromatic nitrogens is 2. The van der Waals surface area contributed by atoms with E-state index in [4.69, 9.17) is 0 Å². The van der Waals surface area contributed by atoms with Crippen LogP contribution in [-0.4, -0.2) is 16.1 Å². The van der Waals surface area contributed by atoms with Gasteiger partial charge in [0.25, 0.3) is 0 Å². The highest BCUT2D eigenvalue weighted by Crippen LogP contribution is 2.19. The van der Waals surface area contributed by atoms with E-state index in [1.165, 1.54) is 0 Å². The molecule has 0 spiro atoms. The number of hydrogen-bond acceptors (Lipinski definition) is 2. The Morgan fingerprint density at radius 2 is 2.36 bits per heavy atom. The molecule has 0 amide bonds. The molecular weight excluding hydrogens is 208 g/mol. The Kier molecular flexibility index (Phi) is 2.44. The fraction of sp³-hybridized carbons (Fsp3) is 0.429. The number of carbonyl (C=O) groups excluding carboxylic acids is 1. The van der Waals surface area contributed by atoms with Crippen LogP contribution in [0.2, 0.25) is 0 Å². The van der Waals surface area contributed by atoms with E-state index in [9.17, 15) is 4.79 Å². The van der Waals surface area contributed by atoms with Crippen LogP contribution in [0.25, 0.3) is 0 Å². The standard InChI is InChI=1S/C7H9BrN2O/c1-3-6-7(8)5(4-11)9-10(6)2/h4H,3H2,1-2H3. The summed E-state index contributed by atoms with van der Waals surface area (Å²) in [6.07, 6.45) is 1.63. The smallest absolute Gasteiger partial charge is 0.171 e. The van der Waals surface area contributed by atoms with Crippen molar-refractivity contribution in [1.82, 2.24) is 9.78 Å². The van der Waals surface area contributed by atoms with Gasteiger partial charge in [0.2, 0.25) is 0 Å². The Hall–Kier alpha value is -0.640. The van der Waals surface area contributed by atoms with Gasteiger partial charge in [0.15, 0.2) is 6.29 Å². The second-order valence-corrected chi connectivity index (χ2v) is 3.03. The third kappa shape index (κ3) is 1.35. The summed E-state index contributed by atoms with van der Waals surface area (Å²) in [6, 6.07) is 0. The summed E-state index contributed by atoms with van der Waals surface area (Å²) in [5.74, 6) is 0. The van der Waals surface area contributed by atoms with Crippen molar-refractivity contribution in [2.45, 2.75) is 13.3 Å². The van der Waals surface area contributed by atoms with E-state index in [2.05, 4.69) is 21.0 Å². The monoisotopic (exact) mass is 216 g/mol. The lowest BCUT2D eigenvalue weighted by Gasteiger charge is -1.95. The van der Waals surface area contributed by atoms with E-state index in [0.29, 0.717) is 5.69 Å². The highest BCUT2D eigenvalue weighted by molar-refractivity contribution is 9.10. The quantitative estimate of drug-likeness (QED) is 0.704. The number of carbonyl (C=O) groups is 1. The normalized spacial score (nSPS) is 10.1. The Morgan fingerprint density at radius 1 is 1.73 bits per heavy atom. The molecule has 0 aliphatic carbocycles. The maximum Gasteiger partial charge on any atom is 0.171 e. The van der Waals surface area contributed by atoms with Gasteiger partial charge in [0.1, 0.15) is 5.69 Å². The van der Waals surface area contributed by atoms with Gasteiger partial charge in [-0.15, -0.1) is 0 Å². The van der Waals surface area contributed by atoms with Crippen LogP contribution < -0.4 is 0 Å². The molecule has 0 atom stereocenters. The average molecular weight is 217 g/mol. The lowest BCUT2D eigenvalue weighted by atomic mass is 10.3. The minimum absolute atomic E-state index is 0.476. The third-order valence-electron chi connectivity index (χ3n) is 1.57. The van der Waals surface area contributed by atoms with Gasteiger partial charge in [0.05, 0.1) is 10.2 Å². The zero-order chi connectivity index (χ0) is 8.43. The molecule has 1 aromatic rings. The molecule has 0 aliphatic heterocycles. The molecule has 60 valence electrons. The second-order valence-electron chi connectivity index (χ2n) is 2.24. The molecule has 0 N–H and O–H groups in total. The van der Waals surface area contributed by atoms with Crippen molar-refractivity contribution >= 4 is 22.2 Å². The number of aryl methyl sites for hydroxylation is 1. The molecule has 1 aromatic heterocycles. The van der Waals surface area contributed by atoms with Gasteiger partial charge in [-0.25, -0.2) is 0 Å². The van der Waals surface area contributed by atoms with Gasteiger partial charge >= 0.3 is 0 Å². The van der Waals surface area contributed by atoms with Crippen LogP contribution in [0, 0.1) is 0 Å². The minimum atomic E-state index is 0.476. The summed E-state index contributed by atoms with van der Waals surface area (Å²) in [7, 11) is 1.83. The first-order valence-electron chi connectivity index (χ1n) is 3.37. The first kappa shape index (κ1) is 8.46. The molecule has 4 heteroatoms.